The Morgan fingerprint density at radius 2 is 2.18 bits per heavy atom. The lowest BCUT2D eigenvalue weighted by Gasteiger charge is -2.11. The monoisotopic (exact) mass is 394 g/mol. The summed E-state index contributed by atoms with van der Waals surface area (Å²) in [6.07, 6.45) is 2.49. The van der Waals surface area contributed by atoms with Crippen molar-refractivity contribution >= 4 is 54.8 Å². The third kappa shape index (κ3) is 3.51. The Kier molecular flexibility index (Phi) is 4.60. The summed E-state index contributed by atoms with van der Waals surface area (Å²) >= 11 is 14.3. The Balaban J connectivity index is 2.17. The van der Waals surface area contributed by atoms with Crippen molar-refractivity contribution in [2.24, 2.45) is 5.73 Å². The Bertz CT molecular complexity index is 530. The molecule has 2 heterocycles. The van der Waals surface area contributed by atoms with Crippen LogP contribution in [0.2, 0.25) is 4.34 Å². The van der Waals surface area contributed by atoms with Gasteiger partial charge >= 0.3 is 0 Å². The maximum absolute atomic E-state index is 6.14. The SMILES string of the molecule is NC(Cc1ccc(Cl)s1)c1ncc(Br)cc1Br. The first-order chi connectivity index (χ1) is 8.06. The molecular formula is C11H9Br2ClN2S. The molecule has 0 bridgehead atoms. The molecule has 1 unspecified atom stereocenters. The van der Waals surface area contributed by atoms with Crippen LogP contribution in [0.15, 0.2) is 33.3 Å². The molecule has 0 aromatic carbocycles. The number of hydrogen-bond donors (Lipinski definition) is 1. The molecule has 0 saturated carbocycles. The van der Waals surface area contributed by atoms with Crippen LogP contribution in [0.5, 0.6) is 0 Å². The first-order valence-corrected chi connectivity index (χ1v) is 7.65. The third-order valence-corrected chi connectivity index (χ3v) is 4.56. The first kappa shape index (κ1) is 13.5. The molecule has 1 atom stereocenters. The van der Waals surface area contributed by atoms with Gasteiger partial charge in [0, 0.05) is 26.4 Å². The summed E-state index contributed by atoms with van der Waals surface area (Å²) in [5.41, 5.74) is 7.00. The van der Waals surface area contributed by atoms with Crippen molar-refractivity contribution in [3.63, 3.8) is 0 Å². The van der Waals surface area contributed by atoms with Crippen LogP contribution in [0.3, 0.4) is 0 Å². The standard InChI is InChI=1S/C11H9Br2ClN2S/c12-6-3-8(13)11(16-5-6)9(15)4-7-1-2-10(14)17-7/h1-3,5,9H,4,15H2. The maximum Gasteiger partial charge on any atom is 0.0931 e. The predicted octanol–water partition coefficient (Wildman–Crippen LogP) is 4.56. The zero-order chi connectivity index (χ0) is 12.4. The van der Waals surface area contributed by atoms with Gasteiger partial charge in [0.25, 0.3) is 0 Å². The molecule has 2 N–H and O–H groups in total. The van der Waals surface area contributed by atoms with Crippen LogP contribution in [-0.4, -0.2) is 4.98 Å². The molecule has 0 aliphatic carbocycles. The van der Waals surface area contributed by atoms with Crippen molar-refractivity contribution in [3.05, 3.63) is 48.2 Å². The minimum atomic E-state index is -0.132. The van der Waals surface area contributed by atoms with Crippen LogP contribution in [0.1, 0.15) is 16.6 Å². The van der Waals surface area contributed by atoms with Crippen LogP contribution < -0.4 is 5.73 Å². The van der Waals surface area contributed by atoms with E-state index in [1.165, 1.54) is 4.88 Å². The van der Waals surface area contributed by atoms with E-state index in [9.17, 15) is 0 Å². The number of rotatable bonds is 3. The van der Waals surface area contributed by atoms with E-state index >= 15 is 0 Å². The van der Waals surface area contributed by atoms with E-state index < -0.39 is 0 Å². The molecule has 0 spiro atoms. The second kappa shape index (κ2) is 5.80. The number of thiophene rings is 1. The lowest BCUT2D eigenvalue weighted by atomic mass is 10.1. The Morgan fingerprint density at radius 1 is 1.41 bits per heavy atom. The van der Waals surface area contributed by atoms with Crippen LogP contribution in [0.25, 0.3) is 0 Å². The molecule has 0 aliphatic heterocycles. The van der Waals surface area contributed by atoms with Gasteiger partial charge in [-0.3, -0.25) is 4.98 Å². The van der Waals surface area contributed by atoms with Crippen molar-refractivity contribution in [2.45, 2.75) is 12.5 Å². The highest BCUT2D eigenvalue weighted by Gasteiger charge is 2.13. The fourth-order valence-electron chi connectivity index (χ4n) is 1.47. The fraction of sp³-hybridized carbons (Fsp3) is 0.182. The van der Waals surface area contributed by atoms with Crippen molar-refractivity contribution < 1.29 is 0 Å². The number of hydrogen-bond acceptors (Lipinski definition) is 3. The lowest BCUT2D eigenvalue weighted by Crippen LogP contribution is -2.15. The molecule has 0 radical (unpaired) electrons. The highest BCUT2D eigenvalue weighted by atomic mass is 79.9. The van der Waals surface area contributed by atoms with Gasteiger partial charge in [0.05, 0.1) is 16.1 Å². The Labute approximate surface area is 125 Å². The zero-order valence-corrected chi connectivity index (χ0v) is 13.4. The molecule has 2 aromatic rings. The van der Waals surface area contributed by atoms with Crippen LogP contribution in [0, 0.1) is 0 Å². The minimum absolute atomic E-state index is 0.132. The summed E-state index contributed by atoms with van der Waals surface area (Å²) in [7, 11) is 0. The minimum Gasteiger partial charge on any atom is -0.322 e. The quantitative estimate of drug-likeness (QED) is 0.826. The molecule has 0 saturated heterocycles. The molecule has 0 fully saturated rings. The molecule has 0 amide bonds. The Hall–Kier alpha value is 0.0600. The van der Waals surface area contributed by atoms with Crippen LogP contribution >= 0.6 is 54.8 Å². The van der Waals surface area contributed by atoms with Crippen molar-refractivity contribution in [3.8, 4) is 0 Å². The molecule has 6 heteroatoms. The lowest BCUT2D eigenvalue weighted by molar-refractivity contribution is 0.699. The summed E-state index contributed by atoms with van der Waals surface area (Å²) in [4.78, 5) is 5.50. The van der Waals surface area contributed by atoms with Gasteiger partial charge in [-0.25, -0.2) is 0 Å². The van der Waals surface area contributed by atoms with Gasteiger partial charge in [-0.15, -0.1) is 11.3 Å². The van der Waals surface area contributed by atoms with Crippen molar-refractivity contribution in [1.82, 2.24) is 4.98 Å². The molecule has 0 aliphatic rings. The number of pyridine rings is 1. The normalized spacial score (nSPS) is 12.7. The highest BCUT2D eigenvalue weighted by molar-refractivity contribution is 9.11. The van der Waals surface area contributed by atoms with Gasteiger partial charge in [-0.2, -0.15) is 0 Å². The molecule has 2 rings (SSSR count). The number of halogens is 3. The van der Waals surface area contributed by atoms with Gasteiger partial charge < -0.3 is 5.73 Å². The summed E-state index contributed by atoms with van der Waals surface area (Å²) < 4.78 is 2.64. The fourth-order valence-corrected chi connectivity index (χ4v) is 3.90. The highest BCUT2D eigenvalue weighted by Crippen LogP contribution is 2.28. The van der Waals surface area contributed by atoms with Gasteiger partial charge in [-0.05, 0) is 50.1 Å². The second-order valence-electron chi connectivity index (χ2n) is 3.54. The smallest absolute Gasteiger partial charge is 0.0931 e. The van der Waals surface area contributed by atoms with Gasteiger partial charge in [0.2, 0.25) is 0 Å². The third-order valence-electron chi connectivity index (χ3n) is 2.24. The van der Waals surface area contributed by atoms with E-state index in [-0.39, 0.29) is 6.04 Å². The van der Waals surface area contributed by atoms with Crippen molar-refractivity contribution in [1.29, 1.82) is 0 Å². The van der Waals surface area contributed by atoms with Crippen LogP contribution in [0.4, 0.5) is 0 Å². The largest absolute Gasteiger partial charge is 0.322 e. The maximum atomic E-state index is 6.14. The van der Waals surface area contributed by atoms with Crippen LogP contribution in [-0.2, 0) is 6.42 Å². The predicted molar refractivity (Wildman–Crippen MR) is 79.6 cm³/mol. The van der Waals surface area contributed by atoms with E-state index in [1.54, 1.807) is 17.5 Å². The van der Waals surface area contributed by atoms with Crippen molar-refractivity contribution in [2.75, 3.05) is 0 Å². The average molecular weight is 397 g/mol. The molecule has 2 aromatic heterocycles. The molecular weight excluding hydrogens is 387 g/mol. The molecule has 17 heavy (non-hydrogen) atoms. The zero-order valence-electron chi connectivity index (χ0n) is 8.66. The van der Waals surface area contributed by atoms with Gasteiger partial charge in [0.1, 0.15) is 0 Å². The topological polar surface area (TPSA) is 38.9 Å². The van der Waals surface area contributed by atoms with E-state index in [2.05, 4.69) is 36.8 Å². The van der Waals surface area contributed by atoms with E-state index in [1.807, 2.05) is 18.2 Å². The van der Waals surface area contributed by atoms with E-state index in [0.717, 1.165) is 25.4 Å². The summed E-state index contributed by atoms with van der Waals surface area (Å²) in [5.74, 6) is 0. The van der Waals surface area contributed by atoms with E-state index in [4.69, 9.17) is 17.3 Å². The van der Waals surface area contributed by atoms with Gasteiger partial charge in [0.15, 0.2) is 0 Å². The first-order valence-electron chi connectivity index (χ1n) is 4.87. The summed E-state index contributed by atoms with van der Waals surface area (Å²) in [6, 6.07) is 5.70. The number of aromatic nitrogens is 1. The summed E-state index contributed by atoms with van der Waals surface area (Å²) in [6.45, 7) is 0. The second-order valence-corrected chi connectivity index (χ2v) is 7.11. The van der Waals surface area contributed by atoms with Gasteiger partial charge in [-0.1, -0.05) is 11.6 Å². The number of nitrogens with zero attached hydrogens (tertiary/aromatic N) is 1. The number of nitrogens with two attached hydrogens (primary N) is 1. The Morgan fingerprint density at radius 3 is 2.76 bits per heavy atom. The average Bonchev–Trinajstić information content (AvgIpc) is 2.63. The summed E-state index contributed by atoms with van der Waals surface area (Å²) in [5, 5.41) is 0. The molecule has 90 valence electrons. The van der Waals surface area contributed by atoms with E-state index in [0.29, 0.717) is 0 Å². The molecule has 2 nitrogen and oxygen atoms in total.